The minimum absolute atomic E-state index is 0.0110. The van der Waals surface area contributed by atoms with E-state index in [4.69, 9.17) is 9.47 Å². The summed E-state index contributed by atoms with van der Waals surface area (Å²) in [5.74, 6) is -0.972. The molecule has 10 heteroatoms. The van der Waals surface area contributed by atoms with Crippen molar-refractivity contribution in [3.63, 3.8) is 0 Å². The topological polar surface area (TPSA) is 101 Å². The molecule has 0 unspecified atom stereocenters. The van der Waals surface area contributed by atoms with Crippen molar-refractivity contribution in [3.8, 4) is 11.8 Å². The lowest BCUT2D eigenvalue weighted by atomic mass is 10.1. The Balaban J connectivity index is 1.37. The monoisotopic (exact) mass is 469 g/mol. The lowest BCUT2D eigenvalue weighted by Gasteiger charge is -2.32. The maximum absolute atomic E-state index is 14.4. The third-order valence-corrected chi connectivity index (χ3v) is 6.30. The summed E-state index contributed by atoms with van der Waals surface area (Å²) in [6.45, 7) is 2.96. The Kier molecular flexibility index (Phi) is 6.46. The smallest absolute Gasteiger partial charge is 0.410 e. The average Bonchev–Trinajstić information content (AvgIpc) is 3.40. The highest BCUT2D eigenvalue weighted by Crippen LogP contribution is 2.39. The van der Waals surface area contributed by atoms with Gasteiger partial charge >= 0.3 is 6.09 Å². The van der Waals surface area contributed by atoms with E-state index in [9.17, 15) is 19.2 Å². The molecule has 1 saturated heterocycles. The number of likely N-dealkylation sites (tertiary alicyclic amines) is 1. The van der Waals surface area contributed by atoms with Gasteiger partial charge in [-0.1, -0.05) is 0 Å². The van der Waals surface area contributed by atoms with Crippen LogP contribution in [0.15, 0.2) is 24.4 Å². The number of amides is 2. The zero-order chi connectivity index (χ0) is 24.5. The lowest BCUT2D eigenvalue weighted by Crippen LogP contribution is -2.41. The van der Waals surface area contributed by atoms with Crippen molar-refractivity contribution in [1.29, 1.82) is 5.26 Å². The predicted octanol–water partition coefficient (Wildman–Crippen LogP) is 3.50. The van der Waals surface area contributed by atoms with E-state index in [1.165, 1.54) is 17.0 Å². The molecule has 1 aromatic carbocycles. The highest BCUT2D eigenvalue weighted by molar-refractivity contribution is 5.94. The molecule has 9 nitrogen and oxygen atoms in total. The predicted molar refractivity (Wildman–Crippen MR) is 120 cm³/mol. The van der Waals surface area contributed by atoms with Gasteiger partial charge in [-0.15, -0.1) is 0 Å². The standard InChI is InChI=1S/C24H28FN5O4/c1-24(8-9-24)34-23(32)29-10-6-18(7-11-29)30-20(13-26)17(14-27-30)15-33-21-5-4-16(12-19(21)25)22(31)28(2)3/h4-5,12,14,18H,6-11,15H2,1-3H3. The van der Waals surface area contributed by atoms with Crippen LogP contribution in [0.4, 0.5) is 9.18 Å². The van der Waals surface area contributed by atoms with Gasteiger partial charge in [0, 0.05) is 38.3 Å². The van der Waals surface area contributed by atoms with E-state index in [1.54, 1.807) is 29.9 Å². The number of benzene rings is 1. The largest absolute Gasteiger partial charge is 0.486 e. The van der Waals surface area contributed by atoms with E-state index in [1.807, 2.05) is 6.92 Å². The van der Waals surface area contributed by atoms with Crippen molar-refractivity contribution in [1.82, 2.24) is 19.6 Å². The fourth-order valence-electron chi connectivity index (χ4n) is 3.91. The molecule has 0 N–H and O–H groups in total. The summed E-state index contributed by atoms with van der Waals surface area (Å²) in [6, 6.07) is 6.18. The fraction of sp³-hybridized carbons (Fsp3) is 0.500. The first-order chi connectivity index (χ1) is 16.2. The lowest BCUT2D eigenvalue weighted by molar-refractivity contribution is 0.0489. The summed E-state index contributed by atoms with van der Waals surface area (Å²) in [7, 11) is 3.19. The molecule has 0 spiro atoms. The quantitative estimate of drug-likeness (QED) is 0.642. The third-order valence-electron chi connectivity index (χ3n) is 6.30. The normalized spacial score (nSPS) is 17.1. The van der Waals surface area contributed by atoms with Crippen molar-refractivity contribution < 1.29 is 23.5 Å². The summed E-state index contributed by atoms with van der Waals surface area (Å²) in [5.41, 5.74) is 0.813. The molecule has 0 bridgehead atoms. The van der Waals surface area contributed by atoms with Crippen LogP contribution in [0.25, 0.3) is 0 Å². The number of rotatable bonds is 6. The van der Waals surface area contributed by atoms with Gasteiger partial charge in [0.25, 0.3) is 5.91 Å². The Hall–Kier alpha value is -3.61. The van der Waals surface area contributed by atoms with Gasteiger partial charge in [-0.2, -0.15) is 10.4 Å². The molecule has 4 rings (SSSR count). The van der Waals surface area contributed by atoms with Gasteiger partial charge in [0.05, 0.1) is 12.2 Å². The van der Waals surface area contributed by atoms with Crippen LogP contribution in [0.5, 0.6) is 5.75 Å². The first kappa shape index (κ1) is 23.5. The van der Waals surface area contributed by atoms with Crippen LogP contribution in [0.3, 0.4) is 0 Å². The Morgan fingerprint density at radius 2 is 2.00 bits per heavy atom. The maximum Gasteiger partial charge on any atom is 0.410 e. The molecule has 2 aromatic rings. The van der Waals surface area contributed by atoms with E-state index in [-0.39, 0.29) is 41.6 Å². The van der Waals surface area contributed by atoms with Gasteiger partial charge in [0.1, 0.15) is 24.0 Å². The van der Waals surface area contributed by atoms with Gasteiger partial charge in [0.2, 0.25) is 0 Å². The molecule has 2 amide bonds. The number of carbonyl (C=O) groups excluding carboxylic acids is 2. The molecule has 2 fully saturated rings. The SMILES string of the molecule is CN(C)C(=O)c1ccc(OCc2cnn(C3CCN(C(=O)OC4(C)CC4)CC3)c2C#N)c(F)c1. The van der Waals surface area contributed by atoms with E-state index >= 15 is 0 Å². The molecule has 2 aliphatic rings. The van der Waals surface area contributed by atoms with Crippen LogP contribution >= 0.6 is 0 Å². The van der Waals surface area contributed by atoms with Gasteiger partial charge in [-0.25, -0.2) is 9.18 Å². The fourth-order valence-corrected chi connectivity index (χ4v) is 3.91. The molecule has 1 aromatic heterocycles. The van der Waals surface area contributed by atoms with Gasteiger partial charge in [-0.3, -0.25) is 9.48 Å². The molecule has 1 aliphatic heterocycles. The van der Waals surface area contributed by atoms with Gasteiger partial charge in [-0.05, 0) is 50.8 Å². The number of piperidine rings is 1. The average molecular weight is 470 g/mol. The minimum atomic E-state index is -0.655. The Morgan fingerprint density at radius 3 is 2.59 bits per heavy atom. The highest BCUT2D eigenvalue weighted by Gasteiger charge is 2.43. The van der Waals surface area contributed by atoms with E-state index in [2.05, 4.69) is 11.2 Å². The van der Waals surface area contributed by atoms with Crippen LogP contribution < -0.4 is 4.74 Å². The second-order valence-electron chi connectivity index (χ2n) is 9.24. The summed E-state index contributed by atoms with van der Waals surface area (Å²) in [6.07, 6.45) is 4.38. The molecule has 0 radical (unpaired) electrons. The minimum Gasteiger partial charge on any atom is -0.486 e. The van der Waals surface area contributed by atoms with E-state index in [0.29, 0.717) is 37.2 Å². The van der Waals surface area contributed by atoms with Crippen molar-refractivity contribution in [2.75, 3.05) is 27.2 Å². The van der Waals surface area contributed by atoms with Crippen LogP contribution in [-0.2, 0) is 11.3 Å². The Labute approximate surface area is 197 Å². The second kappa shape index (κ2) is 9.33. The zero-order valence-electron chi connectivity index (χ0n) is 19.6. The third kappa shape index (κ3) is 4.98. The first-order valence-electron chi connectivity index (χ1n) is 11.3. The molecule has 0 atom stereocenters. The number of nitrogens with zero attached hydrogens (tertiary/aromatic N) is 5. The zero-order valence-corrected chi connectivity index (χ0v) is 19.6. The van der Waals surface area contributed by atoms with Crippen molar-refractivity contribution >= 4 is 12.0 Å². The maximum atomic E-state index is 14.4. The van der Waals surface area contributed by atoms with E-state index < -0.39 is 5.82 Å². The summed E-state index contributed by atoms with van der Waals surface area (Å²) in [5, 5.41) is 14.1. The molecule has 1 aliphatic carbocycles. The molecule has 2 heterocycles. The second-order valence-corrected chi connectivity index (χ2v) is 9.24. The van der Waals surface area contributed by atoms with Crippen LogP contribution in [-0.4, -0.2) is 64.4 Å². The number of hydrogen-bond donors (Lipinski definition) is 0. The Morgan fingerprint density at radius 1 is 1.29 bits per heavy atom. The number of carbonyl (C=O) groups is 2. The van der Waals surface area contributed by atoms with Crippen molar-refractivity contribution in [2.24, 2.45) is 0 Å². The van der Waals surface area contributed by atoms with Gasteiger partial charge in [0.15, 0.2) is 11.6 Å². The summed E-state index contributed by atoms with van der Waals surface area (Å²) in [4.78, 5) is 27.4. The molecule has 34 heavy (non-hydrogen) atoms. The number of hydrogen-bond acceptors (Lipinski definition) is 6. The Bertz CT molecular complexity index is 1130. The van der Waals surface area contributed by atoms with Crippen LogP contribution in [0.1, 0.15) is 60.3 Å². The highest BCUT2D eigenvalue weighted by atomic mass is 19.1. The van der Waals surface area contributed by atoms with Crippen molar-refractivity contribution in [2.45, 2.75) is 50.9 Å². The van der Waals surface area contributed by atoms with E-state index in [0.717, 1.165) is 18.9 Å². The summed E-state index contributed by atoms with van der Waals surface area (Å²) < 4.78 is 27.2. The van der Waals surface area contributed by atoms with Crippen LogP contribution in [0.2, 0.25) is 0 Å². The number of nitriles is 1. The number of aromatic nitrogens is 2. The molecule has 1 saturated carbocycles. The molecule has 180 valence electrons. The molecular weight excluding hydrogens is 441 g/mol. The van der Waals surface area contributed by atoms with Gasteiger partial charge < -0.3 is 19.3 Å². The number of halogens is 1. The molecular formula is C24H28FN5O4. The number of ether oxygens (including phenoxy) is 2. The first-order valence-corrected chi connectivity index (χ1v) is 11.3. The van der Waals surface area contributed by atoms with Crippen molar-refractivity contribution in [3.05, 3.63) is 47.0 Å². The summed E-state index contributed by atoms with van der Waals surface area (Å²) >= 11 is 0. The van der Waals surface area contributed by atoms with Crippen LogP contribution in [0, 0.1) is 17.1 Å².